The molecule has 15 heavy (non-hydrogen) atoms. The van der Waals surface area contributed by atoms with Crippen LogP contribution in [0, 0.1) is 0 Å². The van der Waals surface area contributed by atoms with E-state index in [0.29, 0.717) is 5.69 Å². The van der Waals surface area contributed by atoms with Crippen molar-refractivity contribution in [2.75, 3.05) is 14.2 Å². The van der Waals surface area contributed by atoms with Gasteiger partial charge in [-0.2, -0.15) is 5.10 Å². The van der Waals surface area contributed by atoms with Crippen molar-refractivity contribution in [3.63, 3.8) is 0 Å². The van der Waals surface area contributed by atoms with Crippen molar-refractivity contribution in [1.29, 1.82) is 0 Å². The van der Waals surface area contributed by atoms with Crippen molar-refractivity contribution < 1.29 is 9.53 Å². The summed E-state index contributed by atoms with van der Waals surface area (Å²) >= 11 is 0. The van der Waals surface area contributed by atoms with Gasteiger partial charge in [-0.1, -0.05) is 0 Å². The van der Waals surface area contributed by atoms with Crippen LogP contribution in [0.2, 0.25) is 0 Å². The number of methoxy groups -OCH3 is 1. The van der Waals surface area contributed by atoms with Crippen LogP contribution in [-0.4, -0.2) is 29.9 Å². The van der Waals surface area contributed by atoms with Gasteiger partial charge in [0.1, 0.15) is 0 Å². The molecule has 0 bridgehead atoms. The molecule has 5 nitrogen and oxygen atoms in total. The largest absolute Gasteiger partial charge is 0.464 e. The van der Waals surface area contributed by atoms with Gasteiger partial charge in [0.05, 0.1) is 18.3 Å². The first-order chi connectivity index (χ1) is 6.92. The molecule has 0 saturated heterocycles. The van der Waals surface area contributed by atoms with E-state index in [9.17, 15) is 4.79 Å². The third kappa shape index (κ3) is 2.18. The molecule has 0 unspecified atom stereocenters. The highest BCUT2D eigenvalue weighted by molar-refractivity contribution is 5.87. The fourth-order valence-corrected chi connectivity index (χ4v) is 1.38. The monoisotopic (exact) mass is 211 g/mol. The van der Waals surface area contributed by atoms with E-state index in [4.69, 9.17) is 0 Å². The summed E-state index contributed by atoms with van der Waals surface area (Å²) in [7, 11) is 5.02. The van der Waals surface area contributed by atoms with Gasteiger partial charge in [-0.05, 0) is 27.0 Å². The SMILES string of the molecule is CNC(C)(C)c1cc(C(=O)OC)nn1C. The van der Waals surface area contributed by atoms with Gasteiger partial charge in [0, 0.05) is 7.05 Å². The summed E-state index contributed by atoms with van der Waals surface area (Å²) in [6.07, 6.45) is 0. The Hall–Kier alpha value is -1.36. The van der Waals surface area contributed by atoms with Crippen LogP contribution in [0.5, 0.6) is 0 Å². The molecule has 0 aromatic carbocycles. The number of esters is 1. The zero-order chi connectivity index (χ0) is 11.6. The van der Waals surface area contributed by atoms with Crippen LogP contribution in [0.25, 0.3) is 0 Å². The second-order valence-electron chi connectivity index (χ2n) is 3.91. The molecule has 0 aliphatic heterocycles. The molecule has 0 amide bonds. The van der Waals surface area contributed by atoms with Crippen LogP contribution in [0.3, 0.4) is 0 Å². The first kappa shape index (κ1) is 11.7. The van der Waals surface area contributed by atoms with E-state index in [1.165, 1.54) is 7.11 Å². The Bertz CT molecular complexity index is 369. The van der Waals surface area contributed by atoms with Gasteiger partial charge in [-0.3, -0.25) is 4.68 Å². The van der Waals surface area contributed by atoms with Crippen LogP contribution >= 0.6 is 0 Å². The number of hydrogen-bond acceptors (Lipinski definition) is 4. The molecule has 5 heteroatoms. The van der Waals surface area contributed by atoms with Gasteiger partial charge < -0.3 is 10.1 Å². The Kier molecular flexibility index (Phi) is 3.14. The topological polar surface area (TPSA) is 56.1 Å². The summed E-state index contributed by atoms with van der Waals surface area (Å²) in [5, 5.41) is 7.25. The number of nitrogens with zero attached hydrogens (tertiary/aromatic N) is 2. The maximum atomic E-state index is 11.3. The standard InChI is InChI=1S/C10H17N3O2/c1-10(2,11-3)8-6-7(9(14)15-5)12-13(8)4/h6,11H,1-5H3. The molecule has 0 spiro atoms. The molecular formula is C10H17N3O2. The predicted octanol–water partition coefficient (Wildman–Crippen LogP) is 0.661. The van der Waals surface area contributed by atoms with Crippen LogP contribution < -0.4 is 5.32 Å². The van der Waals surface area contributed by atoms with E-state index in [0.717, 1.165) is 5.69 Å². The highest BCUT2D eigenvalue weighted by Crippen LogP contribution is 2.19. The van der Waals surface area contributed by atoms with Crippen LogP contribution in [0.1, 0.15) is 30.0 Å². The van der Waals surface area contributed by atoms with Gasteiger partial charge in [0.25, 0.3) is 0 Å². The van der Waals surface area contributed by atoms with E-state index < -0.39 is 5.97 Å². The summed E-state index contributed by atoms with van der Waals surface area (Å²) < 4.78 is 6.30. The second-order valence-corrected chi connectivity index (χ2v) is 3.91. The quantitative estimate of drug-likeness (QED) is 0.746. The second kappa shape index (κ2) is 4.02. The highest BCUT2D eigenvalue weighted by atomic mass is 16.5. The molecule has 0 atom stereocenters. The van der Waals surface area contributed by atoms with Gasteiger partial charge in [0.15, 0.2) is 5.69 Å². The number of hydrogen-bond donors (Lipinski definition) is 1. The molecule has 0 radical (unpaired) electrons. The Morgan fingerprint density at radius 2 is 2.20 bits per heavy atom. The molecule has 1 aromatic rings. The number of nitrogens with one attached hydrogen (secondary N) is 1. The molecule has 1 rings (SSSR count). The first-order valence-corrected chi connectivity index (χ1v) is 4.74. The fraction of sp³-hybridized carbons (Fsp3) is 0.600. The predicted molar refractivity (Wildman–Crippen MR) is 56.6 cm³/mol. The zero-order valence-corrected chi connectivity index (χ0v) is 9.79. The van der Waals surface area contributed by atoms with Gasteiger partial charge in [-0.15, -0.1) is 0 Å². The lowest BCUT2D eigenvalue weighted by Crippen LogP contribution is -2.35. The minimum Gasteiger partial charge on any atom is -0.464 e. The van der Waals surface area contributed by atoms with E-state index in [1.807, 2.05) is 20.9 Å². The fourth-order valence-electron chi connectivity index (χ4n) is 1.38. The third-order valence-electron chi connectivity index (χ3n) is 2.54. The smallest absolute Gasteiger partial charge is 0.358 e. The van der Waals surface area contributed by atoms with E-state index in [2.05, 4.69) is 15.2 Å². The maximum absolute atomic E-state index is 11.3. The van der Waals surface area contributed by atoms with Crippen molar-refractivity contribution >= 4 is 5.97 Å². The number of carbonyl (C=O) groups is 1. The number of aryl methyl sites for hydroxylation is 1. The molecule has 1 N–H and O–H groups in total. The van der Waals surface area contributed by atoms with Crippen molar-refractivity contribution in [2.45, 2.75) is 19.4 Å². The minimum absolute atomic E-state index is 0.228. The summed E-state index contributed by atoms with van der Waals surface area (Å²) in [4.78, 5) is 11.3. The Morgan fingerprint density at radius 3 is 2.67 bits per heavy atom. The van der Waals surface area contributed by atoms with Crippen LogP contribution in [0.15, 0.2) is 6.07 Å². The lowest BCUT2D eigenvalue weighted by Gasteiger charge is -2.23. The average Bonchev–Trinajstić information content (AvgIpc) is 2.60. The molecule has 0 saturated carbocycles. The third-order valence-corrected chi connectivity index (χ3v) is 2.54. The summed E-state index contributed by atoms with van der Waals surface area (Å²) in [5.74, 6) is -0.413. The van der Waals surface area contributed by atoms with Gasteiger partial charge in [-0.25, -0.2) is 4.79 Å². The van der Waals surface area contributed by atoms with Crippen LogP contribution in [-0.2, 0) is 17.3 Å². The average molecular weight is 211 g/mol. The van der Waals surface area contributed by atoms with Crippen molar-refractivity contribution in [3.05, 3.63) is 17.5 Å². The lowest BCUT2D eigenvalue weighted by atomic mass is 10.0. The lowest BCUT2D eigenvalue weighted by molar-refractivity contribution is 0.0593. The molecule has 84 valence electrons. The number of ether oxygens (including phenoxy) is 1. The van der Waals surface area contributed by atoms with Gasteiger partial charge >= 0.3 is 5.97 Å². The first-order valence-electron chi connectivity index (χ1n) is 4.74. The van der Waals surface area contributed by atoms with Gasteiger partial charge in [0.2, 0.25) is 0 Å². The molecule has 1 heterocycles. The van der Waals surface area contributed by atoms with E-state index in [-0.39, 0.29) is 5.54 Å². The Labute approximate surface area is 89.4 Å². The Balaban J connectivity index is 3.12. The molecule has 0 fully saturated rings. The molecule has 0 aliphatic rings. The Morgan fingerprint density at radius 1 is 1.60 bits per heavy atom. The number of aromatic nitrogens is 2. The van der Waals surface area contributed by atoms with Crippen molar-refractivity contribution in [2.24, 2.45) is 7.05 Å². The normalized spacial score (nSPS) is 11.5. The summed E-state index contributed by atoms with van der Waals surface area (Å²) in [5.41, 5.74) is 1.04. The zero-order valence-electron chi connectivity index (χ0n) is 9.79. The summed E-state index contributed by atoms with van der Waals surface area (Å²) in [6.45, 7) is 4.04. The van der Waals surface area contributed by atoms with Crippen molar-refractivity contribution in [1.82, 2.24) is 15.1 Å². The molecular weight excluding hydrogens is 194 g/mol. The van der Waals surface area contributed by atoms with E-state index in [1.54, 1.807) is 17.8 Å². The van der Waals surface area contributed by atoms with E-state index >= 15 is 0 Å². The minimum atomic E-state index is -0.413. The highest BCUT2D eigenvalue weighted by Gasteiger charge is 2.24. The number of carbonyl (C=O) groups excluding carboxylic acids is 1. The molecule has 1 aromatic heterocycles. The van der Waals surface area contributed by atoms with Crippen molar-refractivity contribution in [3.8, 4) is 0 Å². The van der Waals surface area contributed by atoms with Crippen LogP contribution in [0.4, 0.5) is 0 Å². The summed E-state index contributed by atoms with van der Waals surface area (Å²) in [6, 6.07) is 1.74. The number of rotatable bonds is 3. The maximum Gasteiger partial charge on any atom is 0.358 e. The molecule has 0 aliphatic carbocycles.